The van der Waals surface area contributed by atoms with Crippen LogP contribution in [0.25, 0.3) is 0 Å². The molecule has 1 N–H and O–H groups in total. The first kappa shape index (κ1) is 10.9. The summed E-state index contributed by atoms with van der Waals surface area (Å²) in [6, 6.07) is 0. The number of carbonyl (C=O) groups is 1. The highest BCUT2D eigenvalue weighted by Gasteiger charge is 2.20. The molecule has 2 nitrogen and oxygen atoms in total. The molecule has 1 amide bonds. The largest absolute Gasteiger partial charge is 0.350 e. The molecule has 0 spiro atoms. The minimum Gasteiger partial charge on any atom is -0.350 e. The van der Waals surface area contributed by atoms with E-state index in [1.54, 1.807) is 11.8 Å². The van der Waals surface area contributed by atoms with Crippen molar-refractivity contribution in [3.05, 3.63) is 11.6 Å². The van der Waals surface area contributed by atoms with Crippen LogP contribution in [0.3, 0.4) is 0 Å². The molecule has 74 valence electrons. The first-order valence-electron chi connectivity index (χ1n) is 4.43. The average molecular weight is 220 g/mol. The van der Waals surface area contributed by atoms with Crippen molar-refractivity contribution in [2.24, 2.45) is 0 Å². The Morgan fingerprint density at radius 3 is 2.92 bits per heavy atom. The van der Waals surface area contributed by atoms with Gasteiger partial charge in [-0.1, -0.05) is 24.6 Å². The molecule has 0 aromatic carbocycles. The zero-order valence-electron chi connectivity index (χ0n) is 7.51. The minimum atomic E-state index is 0.103. The summed E-state index contributed by atoms with van der Waals surface area (Å²) in [5, 5.41) is 3.37. The summed E-state index contributed by atoms with van der Waals surface area (Å²) in [5.41, 5.74) is 0. The summed E-state index contributed by atoms with van der Waals surface area (Å²) >= 11 is 7.28. The number of halogens is 1. The molecule has 0 radical (unpaired) electrons. The van der Waals surface area contributed by atoms with Crippen molar-refractivity contribution in [3.63, 3.8) is 0 Å². The van der Waals surface area contributed by atoms with Crippen molar-refractivity contribution < 1.29 is 4.79 Å². The predicted molar refractivity (Wildman–Crippen MR) is 58.1 cm³/mol. The Kier molecular flexibility index (Phi) is 4.67. The Labute approximate surface area is 88.1 Å². The van der Waals surface area contributed by atoms with E-state index in [0.29, 0.717) is 11.6 Å². The molecule has 1 saturated heterocycles. The third-order valence-electron chi connectivity index (χ3n) is 1.93. The molecule has 1 aliphatic heterocycles. The second kappa shape index (κ2) is 5.55. The molecular formula is C9H14ClNOS. The number of carbonyl (C=O) groups excluding carboxylic acids is 1. The summed E-state index contributed by atoms with van der Waals surface area (Å²) < 4.78 is 0. The molecule has 1 unspecified atom stereocenters. The van der Waals surface area contributed by atoms with E-state index in [4.69, 9.17) is 11.6 Å². The van der Waals surface area contributed by atoms with Gasteiger partial charge in [0.25, 0.3) is 0 Å². The average Bonchev–Trinajstić information content (AvgIpc) is 2.15. The lowest BCUT2D eigenvalue weighted by Crippen LogP contribution is -2.34. The van der Waals surface area contributed by atoms with Gasteiger partial charge in [-0.2, -0.15) is 0 Å². The number of hydrogen-bond donors (Lipinski definition) is 1. The quantitative estimate of drug-likeness (QED) is 0.788. The highest BCUT2D eigenvalue weighted by Crippen LogP contribution is 2.24. The van der Waals surface area contributed by atoms with E-state index in [0.717, 1.165) is 18.6 Å². The van der Waals surface area contributed by atoms with Gasteiger partial charge in [-0.05, 0) is 18.6 Å². The van der Waals surface area contributed by atoms with Gasteiger partial charge in [0.1, 0.15) is 0 Å². The Morgan fingerprint density at radius 2 is 2.38 bits per heavy atom. The maximum absolute atomic E-state index is 11.5. The van der Waals surface area contributed by atoms with Gasteiger partial charge in [0.05, 0.1) is 11.8 Å². The van der Waals surface area contributed by atoms with Crippen LogP contribution < -0.4 is 5.32 Å². The van der Waals surface area contributed by atoms with Gasteiger partial charge in [0.2, 0.25) is 5.91 Å². The van der Waals surface area contributed by atoms with Crippen LogP contribution in [-0.2, 0) is 4.79 Å². The normalized spacial score (nSPS) is 22.4. The van der Waals surface area contributed by atoms with Crippen molar-refractivity contribution in [3.8, 4) is 0 Å². The van der Waals surface area contributed by atoms with E-state index in [2.05, 4.69) is 11.9 Å². The minimum absolute atomic E-state index is 0.103. The fourth-order valence-electron chi connectivity index (χ4n) is 1.24. The lowest BCUT2D eigenvalue weighted by molar-refractivity contribution is -0.120. The third kappa shape index (κ3) is 4.05. The molecule has 1 heterocycles. The molecule has 13 heavy (non-hydrogen) atoms. The number of thioether (sulfide) groups is 1. The van der Waals surface area contributed by atoms with Gasteiger partial charge in [-0.25, -0.2) is 0 Å². The molecule has 1 rings (SSSR count). The van der Waals surface area contributed by atoms with Crippen LogP contribution in [0.2, 0.25) is 0 Å². The van der Waals surface area contributed by atoms with Crippen LogP contribution in [0, 0.1) is 0 Å². The zero-order valence-corrected chi connectivity index (χ0v) is 9.09. The molecule has 1 atom stereocenters. The maximum atomic E-state index is 11.5. The van der Waals surface area contributed by atoms with Gasteiger partial charge in [0.15, 0.2) is 0 Å². The van der Waals surface area contributed by atoms with Crippen molar-refractivity contribution in [2.45, 2.75) is 24.5 Å². The van der Waals surface area contributed by atoms with Crippen LogP contribution in [-0.4, -0.2) is 23.5 Å². The van der Waals surface area contributed by atoms with E-state index in [-0.39, 0.29) is 11.2 Å². The second-order valence-electron chi connectivity index (χ2n) is 3.09. The van der Waals surface area contributed by atoms with Crippen LogP contribution in [0.4, 0.5) is 0 Å². The molecule has 1 aliphatic rings. The summed E-state index contributed by atoms with van der Waals surface area (Å²) in [6.07, 6.45) is 3.38. The smallest absolute Gasteiger partial charge is 0.233 e. The van der Waals surface area contributed by atoms with Crippen molar-refractivity contribution in [1.29, 1.82) is 0 Å². The molecule has 0 saturated carbocycles. The van der Waals surface area contributed by atoms with Gasteiger partial charge in [-0.3, -0.25) is 4.79 Å². The molecule has 0 aliphatic carbocycles. The zero-order chi connectivity index (χ0) is 9.68. The number of nitrogens with one attached hydrogen (secondary N) is 1. The molecule has 0 bridgehead atoms. The van der Waals surface area contributed by atoms with E-state index in [1.807, 2.05) is 0 Å². The van der Waals surface area contributed by atoms with Crippen LogP contribution in [0.5, 0.6) is 0 Å². The number of amides is 1. The number of rotatable bonds is 3. The fraction of sp³-hybridized carbons (Fsp3) is 0.667. The summed E-state index contributed by atoms with van der Waals surface area (Å²) in [6.45, 7) is 3.90. The monoisotopic (exact) mass is 219 g/mol. The topological polar surface area (TPSA) is 29.1 Å². The second-order valence-corrected chi connectivity index (χ2v) is 4.94. The van der Waals surface area contributed by atoms with E-state index in [9.17, 15) is 4.79 Å². The summed E-state index contributed by atoms with van der Waals surface area (Å²) in [5.74, 6) is 1.20. The Bertz CT molecular complexity index is 202. The Morgan fingerprint density at radius 1 is 1.62 bits per heavy atom. The standard InChI is InChI=1S/C9H14ClNOS/c1-7(10)6-11-9(12)8-4-2-3-5-13-8/h8H,1-6H2,(H,11,12). The van der Waals surface area contributed by atoms with Crippen molar-refractivity contribution >= 4 is 29.3 Å². The summed E-state index contributed by atoms with van der Waals surface area (Å²) in [4.78, 5) is 11.5. The van der Waals surface area contributed by atoms with E-state index < -0.39 is 0 Å². The van der Waals surface area contributed by atoms with E-state index in [1.165, 1.54) is 6.42 Å². The molecular weight excluding hydrogens is 206 g/mol. The van der Waals surface area contributed by atoms with Crippen molar-refractivity contribution in [2.75, 3.05) is 12.3 Å². The van der Waals surface area contributed by atoms with Crippen LogP contribution in [0.15, 0.2) is 11.6 Å². The Balaban J connectivity index is 2.25. The maximum Gasteiger partial charge on any atom is 0.233 e. The lowest BCUT2D eigenvalue weighted by atomic mass is 10.2. The first-order valence-corrected chi connectivity index (χ1v) is 5.85. The summed E-state index contributed by atoms with van der Waals surface area (Å²) in [7, 11) is 0. The van der Waals surface area contributed by atoms with Gasteiger partial charge < -0.3 is 5.32 Å². The van der Waals surface area contributed by atoms with Crippen molar-refractivity contribution in [1.82, 2.24) is 5.32 Å². The van der Waals surface area contributed by atoms with E-state index >= 15 is 0 Å². The molecule has 0 aromatic rings. The Hall–Kier alpha value is -0.150. The van der Waals surface area contributed by atoms with Crippen LogP contribution >= 0.6 is 23.4 Å². The SMILES string of the molecule is C=C(Cl)CNC(=O)C1CCCCS1. The van der Waals surface area contributed by atoms with Gasteiger partial charge in [-0.15, -0.1) is 11.8 Å². The molecule has 4 heteroatoms. The van der Waals surface area contributed by atoms with Gasteiger partial charge >= 0.3 is 0 Å². The van der Waals surface area contributed by atoms with Gasteiger partial charge in [0, 0.05) is 5.03 Å². The molecule has 1 fully saturated rings. The molecule has 0 aromatic heterocycles. The highest BCUT2D eigenvalue weighted by atomic mass is 35.5. The highest BCUT2D eigenvalue weighted by molar-refractivity contribution is 8.00. The fourth-order valence-corrected chi connectivity index (χ4v) is 2.53. The first-order chi connectivity index (χ1) is 6.20. The lowest BCUT2D eigenvalue weighted by Gasteiger charge is -2.20. The number of hydrogen-bond acceptors (Lipinski definition) is 2. The predicted octanol–water partition coefficient (Wildman–Crippen LogP) is 2.14. The third-order valence-corrected chi connectivity index (χ3v) is 3.44. The van der Waals surface area contributed by atoms with Crippen LogP contribution in [0.1, 0.15) is 19.3 Å².